The van der Waals surface area contributed by atoms with Crippen LogP contribution < -0.4 is 15.2 Å². The molecule has 0 unspecified atom stereocenters. The van der Waals surface area contributed by atoms with Gasteiger partial charge in [0.15, 0.2) is 0 Å². The van der Waals surface area contributed by atoms with Gasteiger partial charge in [0, 0.05) is 42.3 Å². The van der Waals surface area contributed by atoms with Crippen LogP contribution in [0.25, 0.3) is 10.9 Å². The highest BCUT2D eigenvalue weighted by Crippen LogP contribution is 2.25. The predicted octanol–water partition coefficient (Wildman–Crippen LogP) is 5.73. The average molecular weight is 577 g/mol. The molecular weight excluding hydrogens is 548 g/mol. The van der Waals surface area contributed by atoms with Crippen LogP contribution in [0.2, 0.25) is 0 Å². The molecule has 196 valence electrons. The molecule has 4 rings (SSSR count). The first-order chi connectivity index (χ1) is 18.3. The highest BCUT2D eigenvalue weighted by atomic mass is 79.9. The number of anilines is 1. The Hall–Kier alpha value is -3.98. The molecule has 0 spiro atoms. The van der Waals surface area contributed by atoms with E-state index in [1.165, 1.54) is 4.68 Å². The summed E-state index contributed by atoms with van der Waals surface area (Å²) in [6.45, 7) is 2.33. The number of benzene rings is 3. The molecule has 1 heterocycles. The molecule has 1 aromatic heterocycles. The lowest BCUT2D eigenvalue weighted by Crippen LogP contribution is -2.22. The zero-order valence-electron chi connectivity index (χ0n) is 21.5. The van der Waals surface area contributed by atoms with E-state index in [2.05, 4.69) is 28.0 Å². The SMILES string of the molecule is CCCCc1nc2ccc(Br)cc2c(=O)n1N=Cc1ccc(N(C)C)cc1OCc1ccc(C(=O)O)cc1. The summed E-state index contributed by atoms with van der Waals surface area (Å²) in [5, 5.41) is 14.2. The molecule has 3 aromatic carbocycles. The van der Waals surface area contributed by atoms with Crippen molar-refractivity contribution in [1.82, 2.24) is 9.66 Å². The summed E-state index contributed by atoms with van der Waals surface area (Å²) in [6, 6.07) is 17.8. The number of aromatic carboxylic acids is 1. The minimum atomic E-state index is -0.973. The fraction of sp³-hybridized carbons (Fsp3) is 0.241. The lowest BCUT2D eigenvalue weighted by molar-refractivity contribution is 0.0697. The van der Waals surface area contributed by atoms with Crippen molar-refractivity contribution in [2.24, 2.45) is 5.10 Å². The summed E-state index contributed by atoms with van der Waals surface area (Å²) in [5.74, 6) is 0.217. The van der Waals surface area contributed by atoms with Crippen LogP contribution in [0.4, 0.5) is 5.69 Å². The molecule has 0 aliphatic rings. The van der Waals surface area contributed by atoms with Gasteiger partial charge in [0.1, 0.15) is 18.2 Å². The molecule has 38 heavy (non-hydrogen) atoms. The van der Waals surface area contributed by atoms with Gasteiger partial charge in [-0.2, -0.15) is 9.78 Å². The Morgan fingerprint density at radius 2 is 1.89 bits per heavy atom. The van der Waals surface area contributed by atoms with E-state index in [9.17, 15) is 9.59 Å². The van der Waals surface area contributed by atoms with Crippen LogP contribution in [0.15, 0.2) is 75.0 Å². The van der Waals surface area contributed by atoms with Crippen molar-refractivity contribution in [2.45, 2.75) is 32.8 Å². The summed E-state index contributed by atoms with van der Waals surface area (Å²) in [4.78, 5) is 31.2. The summed E-state index contributed by atoms with van der Waals surface area (Å²) >= 11 is 3.44. The van der Waals surface area contributed by atoms with Crippen molar-refractivity contribution in [1.29, 1.82) is 0 Å². The molecule has 0 aliphatic heterocycles. The summed E-state index contributed by atoms with van der Waals surface area (Å²) in [6.07, 6.45) is 4.10. The molecule has 0 bridgehead atoms. The van der Waals surface area contributed by atoms with Gasteiger partial charge < -0.3 is 14.7 Å². The zero-order chi connectivity index (χ0) is 27.2. The van der Waals surface area contributed by atoms with E-state index in [-0.39, 0.29) is 17.7 Å². The number of unbranched alkanes of at least 4 members (excludes halogenated alkanes) is 1. The Balaban J connectivity index is 1.70. The molecule has 0 aliphatic carbocycles. The number of carbonyl (C=O) groups is 1. The standard InChI is InChI=1S/C29H29BrN4O4/c1-4-5-6-27-32-25-14-12-22(30)15-24(25)28(35)34(27)31-17-21-11-13-23(33(2)3)16-26(21)38-18-19-7-9-20(10-8-19)29(36)37/h7-17H,4-6,18H2,1-3H3,(H,36,37). The number of halogens is 1. The molecule has 0 fully saturated rings. The number of rotatable bonds is 10. The van der Waals surface area contributed by atoms with Gasteiger partial charge in [-0.15, -0.1) is 0 Å². The maximum Gasteiger partial charge on any atom is 0.335 e. The van der Waals surface area contributed by atoms with Crippen LogP contribution in [-0.2, 0) is 13.0 Å². The normalized spacial score (nSPS) is 11.3. The number of fused-ring (bicyclic) bond motifs is 1. The Kier molecular flexibility index (Phi) is 8.58. The van der Waals surface area contributed by atoms with Crippen LogP contribution in [0, 0.1) is 0 Å². The van der Waals surface area contributed by atoms with E-state index in [4.69, 9.17) is 14.8 Å². The largest absolute Gasteiger partial charge is 0.488 e. The molecular formula is C29H29BrN4O4. The first-order valence-electron chi connectivity index (χ1n) is 12.3. The number of carboxylic acids is 1. The van der Waals surface area contributed by atoms with Gasteiger partial charge in [-0.05, 0) is 54.4 Å². The molecule has 4 aromatic rings. The third-order valence-electron chi connectivity index (χ3n) is 6.05. The summed E-state index contributed by atoms with van der Waals surface area (Å²) < 4.78 is 8.31. The first kappa shape index (κ1) is 27.1. The van der Waals surface area contributed by atoms with E-state index in [0.717, 1.165) is 28.6 Å². The lowest BCUT2D eigenvalue weighted by atomic mass is 10.1. The van der Waals surface area contributed by atoms with E-state index < -0.39 is 5.97 Å². The van der Waals surface area contributed by atoms with Gasteiger partial charge in [-0.3, -0.25) is 4.79 Å². The van der Waals surface area contributed by atoms with Crippen molar-refractivity contribution in [3.8, 4) is 5.75 Å². The second-order valence-electron chi connectivity index (χ2n) is 9.06. The number of hydrogen-bond donors (Lipinski definition) is 1. The molecule has 0 radical (unpaired) electrons. The maximum absolute atomic E-state index is 13.4. The van der Waals surface area contributed by atoms with Gasteiger partial charge in [0.05, 0.1) is 22.7 Å². The number of nitrogens with zero attached hydrogens (tertiary/aromatic N) is 4. The van der Waals surface area contributed by atoms with Gasteiger partial charge in [-0.25, -0.2) is 9.78 Å². The van der Waals surface area contributed by atoms with Crippen LogP contribution >= 0.6 is 15.9 Å². The quantitative estimate of drug-likeness (QED) is 0.242. The third-order valence-corrected chi connectivity index (χ3v) is 6.54. The van der Waals surface area contributed by atoms with Crippen molar-refractivity contribution in [2.75, 3.05) is 19.0 Å². The number of carboxylic acid groups (broad SMARTS) is 1. The minimum absolute atomic E-state index is 0.219. The number of aromatic nitrogens is 2. The fourth-order valence-electron chi connectivity index (χ4n) is 3.87. The van der Waals surface area contributed by atoms with Gasteiger partial charge in [0.25, 0.3) is 5.56 Å². The Bertz CT molecular complexity index is 1550. The van der Waals surface area contributed by atoms with Crippen LogP contribution in [0.3, 0.4) is 0 Å². The average Bonchev–Trinajstić information content (AvgIpc) is 2.91. The molecule has 9 heteroatoms. The van der Waals surface area contributed by atoms with Gasteiger partial charge in [0.2, 0.25) is 0 Å². The monoisotopic (exact) mass is 576 g/mol. The Morgan fingerprint density at radius 1 is 1.13 bits per heavy atom. The first-order valence-corrected chi connectivity index (χ1v) is 13.1. The van der Waals surface area contributed by atoms with E-state index in [1.807, 2.05) is 49.3 Å². The van der Waals surface area contributed by atoms with Crippen molar-refractivity contribution < 1.29 is 14.6 Å². The zero-order valence-corrected chi connectivity index (χ0v) is 23.1. The summed E-state index contributed by atoms with van der Waals surface area (Å²) in [5.41, 5.74) is 3.09. The highest BCUT2D eigenvalue weighted by Gasteiger charge is 2.12. The lowest BCUT2D eigenvalue weighted by Gasteiger charge is -2.16. The predicted molar refractivity (Wildman–Crippen MR) is 154 cm³/mol. The van der Waals surface area contributed by atoms with Gasteiger partial charge in [-0.1, -0.05) is 41.4 Å². The molecule has 0 amide bonds. The van der Waals surface area contributed by atoms with E-state index in [0.29, 0.717) is 34.5 Å². The molecule has 8 nitrogen and oxygen atoms in total. The van der Waals surface area contributed by atoms with Crippen molar-refractivity contribution in [3.05, 3.63) is 98.0 Å². The molecule has 0 saturated carbocycles. The van der Waals surface area contributed by atoms with Gasteiger partial charge >= 0.3 is 5.97 Å². The highest BCUT2D eigenvalue weighted by molar-refractivity contribution is 9.10. The Morgan fingerprint density at radius 3 is 2.58 bits per heavy atom. The fourth-order valence-corrected chi connectivity index (χ4v) is 4.23. The topological polar surface area (TPSA) is 97.0 Å². The maximum atomic E-state index is 13.4. The molecule has 1 N–H and O–H groups in total. The van der Waals surface area contributed by atoms with Crippen LogP contribution in [0.1, 0.15) is 47.1 Å². The van der Waals surface area contributed by atoms with Crippen LogP contribution in [0.5, 0.6) is 5.75 Å². The minimum Gasteiger partial charge on any atom is -0.488 e. The number of hydrogen-bond acceptors (Lipinski definition) is 6. The second kappa shape index (κ2) is 12.0. The Labute approximate surface area is 229 Å². The van der Waals surface area contributed by atoms with Crippen LogP contribution in [-0.4, -0.2) is 41.0 Å². The second-order valence-corrected chi connectivity index (χ2v) is 9.98. The molecule has 0 atom stereocenters. The smallest absolute Gasteiger partial charge is 0.335 e. The molecule has 0 saturated heterocycles. The third kappa shape index (κ3) is 6.28. The van der Waals surface area contributed by atoms with Crippen molar-refractivity contribution >= 4 is 44.7 Å². The number of aryl methyl sites for hydroxylation is 1. The van der Waals surface area contributed by atoms with E-state index in [1.54, 1.807) is 36.5 Å². The number of ether oxygens (including phenoxy) is 1. The summed E-state index contributed by atoms with van der Waals surface area (Å²) in [7, 11) is 3.88. The van der Waals surface area contributed by atoms with Crippen molar-refractivity contribution in [3.63, 3.8) is 0 Å². The van der Waals surface area contributed by atoms with E-state index >= 15 is 0 Å².